The lowest BCUT2D eigenvalue weighted by Gasteiger charge is -2.17. The summed E-state index contributed by atoms with van der Waals surface area (Å²) >= 11 is 0. The molecule has 3 heteroatoms. The van der Waals surface area contributed by atoms with Crippen LogP contribution in [0.4, 0.5) is 0 Å². The second-order valence-corrected chi connectivity index (χ2v) is 16.4. The predicted octanol–water partition coefficient (Wildman–Crippen LogP) is 16.2. The SMILES string of the molecule is c1ccc(-c2ccc(-c3cc(-c4ccc(-c5cccc(-c6cc7c(-c8ccc9ccccc9c8)nc8ccccc8c7c7ccccc67)c5)cc4)nc(-c4ccccc4)n3)cc2)cc1. The summed E-state index contributed by atoms with van der Waals surface area (Å²) in [4.78, 5) is 15.6. The van der Waals surface area contributed by atoms with Crippen LogP contribution in [0.2, 0.25) is 0 Å². The van der Waals surface area contributed by atoms with Crippen LogP contribution in [-0.2, 0) is 0 Å². The molecule has 0 spiro atoms. The highest BCUT2D eigenvalue weighted by atomic mass is 14.9. The van der Waals surface area contributed by atoms with Crippen LogP contribution >= 0.6 is 0 Å². The number of fused-ring (bicyclic) bond motifs is 6. The maximum absolute atomic E-state index is 5.37. The van der Waals surface area contributed by atoms with Crippen molar-refractivity contribution >= 4 is 43.2 Å². The van der Waals surface area contributed by atoms with Crippen LogP contribution in [0.1, 0.15) is 0 Å². The van der Waals surface area contributed by atoms with Gasteiger partial charge in [-0.25, -0.2) is 15.0 Å². The van der Waals surface area contributed by atoms with Crippen LogP contribution in [0.15, 0.2) is 237 Å². The standard InChI is InChI=1S/C61H39N3/c1-3-14-40(15-4-1)42-26-31-44(32-27-42)57-39-58(64-61(63-57)46-17-5-2-6-18-46)45-33-28-43(29-34-45)48-20-13-21-49(36-48)54-38-55-59(52-23-10-9-22-51(52)54)53-24-11-12-25-56(53)62-60(55)50-35-30-41-16-7-8-19-47(41)37-50/h1-39H. The van der Waals surface area contributed by atoms with E-state index in [2.05, 4.69) is 212 Å². The summed E-state index contributed by atoms with van der Waals surface area (Å²) in [6, 6.07) is 84.1. The second-order valence-electron chi connectivity index (χ2n) is 16.4. The molecule has 0 unspecified atom stereocenters. The molecule has 64 heavy (non-hydrogen) atoms. The van der Waals surface area contributed by atoms with Gasteiger partial charge in [-0.1, -0.05) is 206 Å². The predicted molar refractivity (Wildman–Crippen MR) is 268 cm³/mol. The number of benzene rings is 10. The number of rotatable bonds is 7. The minimum absolute atomic E-state index is 0.701. The number of nitrogens with zero attached hydrogens (tertiary/aromatic N) is 3. The molecule has 2 aromatic heterocycles. The Balaban J connectivity index is 0.947. The van der Waals surface area contributed by atoms with Gasteiger partial charge in [-0.2, -0.15) is 0 Å². The molecule has 0 atom stereocenters. The fourth-order valence-electron chi connectivity index (χ4n) is 9.23. The van der Waals surface area contributed by atoms with Crippen LogP contribution in [0, 0.1) is 0 Å². The molecule has 0 bridgehead atoms. The van der Waals surface area contributed by atoms with Crippen molar-refractivity contribution in [1.82, 2.24) is 15.0 Å². The molecule has 0 fully saturated rings. The lowest BCUT2D eigenvalue weighted by Crippen LogP contribution is -1.96. The molecular formula is C61H39N3. The molecular weight excluding hydrogens is 775 g/mol. The van der Waals surface area contributed by atoms with Gasteiger partial charge in [0.15, 0.2) is 5.82 Å². The minimum Gasteiger partial charge on any atom is -0.247 e. The van der Waals surface area contributed by atoms with Gasteiger partial charge in [-0.05, 0) is 85.3 Å². The molecule has 0 amide bonds. The largest absolute Gasteiger partial charge is 0.247 e. The maximum atomic E-state index is 5.37. The highest BCUT2D eigenvalue weighted by molar-refractivity contribution is 6.25. The van der Waals surface area contributed by atoms with Crippen LogP contribution in [0.25, 0.3) is 122 Å². The van der Waals surface area contributed by atoms with Gasteiger partial charge in [0.05, 0.1) is 22.6 Å². The Kier molecular flexibility index (Phi) is 9.16. The van der Waals surface area contributed by atoms with Crippen molar-refractivity contribution in [3.63, 3.8) is 0 Å². The normalized spacial score (nSPS) is 11.4. The van der Waals surface area contributed by atoms with Crippen LogP contribution in [-0.4, -0.2) is 15.0 Å². The molecule has 0 radical (unpaired) electrons. The molecule has 0 aliphatic heterocycles. The maximum Gasteiger partial charge on any atom is 0.160 e. The van der Waals surface area contributed by atoms with Gasteiger partial charge in [-0.15, -0.1) is 0 Å². The van der Waals surface area contributed by atoms with E-state index in [1.807, 2.05) is 24.3 Å². The third-order valence-corrected chi connectivity index (χ3v) is 12.5. The summed E-state index contributed by atoms with van der Waals surface area (Å²) in [7, 11) is 0. The van der Waals surface area contributed by atoms with Crippen molar-refractivity contribution in [3.8, 4) is 78.5 Å². The average Bonchev–Trinajstić information content (AvgIpc) is 3.38. The van der Waals surface area contributed by atoms with Gasteiger partial charge in [0.25, 0.3) is 0 Å². The fraction of sp³-hybridized carbons (Fsp3) is 0. The zero-order valence-electron chi connectivity index (χ0n) is 34.9. The third-order valence-electron chi connectivity index (χ3n) is 12.5. The number of hydrogen-bond donors (Lipinski definition) is 0. The molecule has 10 aromatic carbocycles. The summed E-state index contributed by atoms with van der Waals surface area (Å²) < 4.78 is 0. The molecule has 0 saturated carbocycles. The van der Waals surface area contributed by atoms with E-state index in [0.717, 1.165) is 72.3 Å². The van der Waals surface area contributed by atoms with Gasteiger partial charge >= 0.3 is 0 Å². The molecule has 2 heterocycles. The number of para-hydroxylation sites is 1. The highest BCUT2D eigenvalue weighted by Gasteiger charge is 2.18. The Morgan fingerprint density at radius 2 is 0.766 bits per heavy atom. The number of aromatic nitrogens is 3. The molecule has 12 rings (SSSR count). The Labute approximate surface area is 371 Å². The Hall–Kier alpha value is -8.53. The number of pyridine rings is 1. The van der Waals surface area contributed by atoms with E-state index in [9.17, 15) is 0 Å². The lowest BCUT2D eigenvalue weighted by atomic mass is 9.89. The van der Waals surface area contributed by atoms with E-state index in [1.54, 1.807) is 0 Å². The van der Waals surface area contributed by atoms with Crippen molar-refractivity contribution in [2.45, 2.75) is 0 Å². The van der Waals surface area contributed by atoms with Crippen molar-refractivity contribution in [1.29, 1.82) is 0 Å². The number of hydrogen-bond acceptors (Lipinski definition) is 3. The third kappa shape index (κ3) is 6.77. The Bertz CT molecular complexity index is 3690. The zero-order valence-corrected chi connectivity index (χ0v) is 34.9. The van der Waals surface area contributed by atoms with E-state index in [1.165, 1.54) is 43.6 Å². The quantitative estimate of drug-likeness (QED) is 0.150. The van der Waals surface area contributed by atoms with Crippen molar-refractivity contribution < 1.29 is 0 Å². The molecule has 0 aliphatic rings. The topological polar surface area (TPSA) is 38.7 Å². The first-order valence-corrected chi connectivity index (χ1v) is 21.8. The lowest BCUT2D eigenvalue weighted by molar-refractivity contribution is 1.18. The molecule has 12 aromatic rings. The zero-order chi connectivity index (χ0) is 42.4. The summed E-state index contributed by atoms with van der Waals surface area (Å²) in [5.74, 6) is 0.701. The Morgan fingerprint density at radius 3 is 1.48 bits per heavy atom. The van der Waals surface area contributed by atoms with Gasteiger partial charge in [-0.3, -0.25) is 0 Å². The van der Waals surface area contributed by atoms with Gasteiger partial charge in [0.1, 0.15) is 0 Å². The minimum atomic E-state index is 0.701. The monoisotopic (exact) mass is 813 g/mol. The fourth-order valence-corrected chi connectivity index (χ4v) is 9.23. The van der Waals surface area contributed by atoms with Gasteiger partial charge < -0.3 is 0 Å². The van der Waals surface area contributed by atoms with E-state index < -0.39 is 0 Å². The van der Waals surface area contributed by atoms with Crippen LogP contribution in [0.3, 0.4) is 0 Å². The molecule has 298 valence electrons. The van der Waals surface area contributed by atoms with Gasteiger partial charge in [0, 0.05) is 38.4 Å². The highest BCUT2D eigenvalue weighted by Crippen LogP contribution is 2.43. The molecule has 0 N–H and O–H groups in total. The first-order chi connectivity index (χ1) is 31.7. The van der Waals surface area contributed by atoms with E-state index >= 15 is 0 Å². The van der Waals surface area contributed by atoms with E-state index in [0.29, 0.717) is 5.82 Å². The second kappa shape index (κ2) is 15.7. The molecule has 0 aliphatic carbocycles. The van der Waals surface area contributed by atoms with E-state index in [-0.39, 0.29) is 0 Å². The summed E-state index contributed by atoms with van der Waals surface area (Å²) in [5, 5.41) is 8.38. The Morgan fingerprint density at radius 1 is 0.250 bits per heavy atom. The van der Waals surface area contributed by atoms with Crippen molar-refractivity contribution in [3.05, 3.63) is 237 Å². The van der Waals surface area contributed by atoms with Crippen molar-refractivity contribution in [2.24, 2.45) is 0 Å². The molecule has 0 saturated heterocycles. The summed E-state index contributed by atoms with van der Waals surface area (Å²) in [5.41, 5.74) is 14.9. The first-order valence-electron chi connectivity index (χ1n) is 21.8. The van der Waals surface area contributed by atoms with E-state index in [4.69, 9.17) is 15.0 Å². The average molecular weight is 814 g/mol. The summed E-state index contributed by atoms with van der Waals surface area (Å²) in [6.45, 7) is 0. The van der Waals surface area contributed by atoms with Crippen LogP contribution in [0.5, 0.6) is 0 Å². The van der Waals surface area contributed by atoms with Gasteiger partial charge in [0.2, 0.25) is 0 Å². The first kappa shape index (κ1) is 37.2. The smallest absolute Gasteiger partial charge is 0.160 e. The van der Waals surface area contributed by atoms with Crippen LogP contribution < -0.4 is 0 Å². The van der Waals surface area contributed by atoms with Crippen molar-refractivity contribution in [2.75, 3.05) is 0 Å². The molecule has 3 nitrogen and oxygen atoms in total. The summed E-state index contributed by atoms with van der Waals surface area (Å²) in [6.07, 6.45) is 0.